The second-order valence-electron chi connectivity index (χ2n) is 8.63. The van der Waals surface area contributed by atoms with Gasteiger partial charge >= 0.3 is 6.09 Å². The van der Waals surface area contributed by atoms with E-state index in [9.17, 15) is 4.79 Å². The predicted octanol–water partition coefficient (Wildman–Crippen LogP) is 3.08. The first kappa shape index (κ1) is 18.2. The van der Waals surface area contributed by atoms with Crippen molar-refractivity contribution in [3.05, 3.63) is 24.7 Å². The SMILES string of the molecule is CC(C)(C)OC(=O)N1CCC(N2CCC(n3cnc4ncccc43)C2)CC1. The van der Waals surface area contributed by atoms with Crippen molar-refractivity contribution >= 4 is 17.3 Å². The summed E-state index contributed by atoms with van der Waals surface area (Å²) in [6.45, 7) is 9.43. The molecule has 27 heavy (non-hydrogen) atoms. The molecule has 0 radical (unpaired) electrons. The summed E-state index contributed by atoms with van der Waals surface area (Å²) >= 11 is 0. The Bertz CT molecular complexity index is 804. The largest absolute Gasteiger partial charge is 0.444 e. The van der Waals surface area contributed by atoms with Gasteiger partial charge in [-0.15, -0.1) is 0 Å². The summed E-state index contributed by atoms with van der Waals surface area (Å²) in [7, 11) is 0. The van der Waals surface area contributed by atoms with Crippen LogP contribution in [0.2, 0.25) is 0 Å². The van der Waals surface area contributed by atoms with Crippen molar-refractivity contribution in [2.24, 2.45) is 0 Å². The summed E-state index contributed by atoms with van der Waals surface area (Å²) in [4.78, 5) is 25.5. The minimum atomic E-state index is -0.432. The lowest BCUT2D eigenvalue weighted by Gasteiger charge is -2.37. The minimum absolute atomic E-state index is 0.183. The molecule has 7 heteroatoms. The molecule has 1 atom stereocenters. The molecule has 2 aromatic rings. The van der Waals surface area contributed by atoms with Gasteiger partial charge in [-0.1, -0.05) is 0 Å². The van der Waals surface area contributed by atoms with Crippen molar-refractivity contribution in [3.8, 4) is 0 Å². The zero-order chi connectivity index (χ0) is 19.0. The van der Waals surface area contributed by atoms with Crippen molar-refractivity contribution in [3.63, 3.8) is 0 Å². The first-order chi connectivity index (χ1) is 12.9. The number of hydrogen-bond donors (Lipinski definition) is 0. The molecule has 4 heterocycles. The number of hydrogen-bond acceptors (Lipinski definition) is 5. The molecule has 1 amide bonds. The molecular weight excluding hydrogens is 342 g/mol. The maximum Gasteiger partial charge on any atom is 0.410 e. The van der Waals surface area contributed by atoms with E-state index in [2.05, 4.69) is 25.5 Å². The van der Waals surface area contributed by atoms with Crippen LogP contribution < -0.4 is 0 Å². The Kier molecular flexibility index (Phi) is 4.80. The smallest absolute Gasteiger partial charge is 0.410 e. The van der Waals surface area contributed by atoms with E-state index in [1.165, 1.54) is 0 Å². The minimum Gasteiger partial charge on any atom is -0.444 e. The monoisotopic (exact) mass is 371 g/mol. The number of carbonyl (C=O) groups excluding carboxylic acids is 1. The highest BCUT2D eigenvalue weighted by atomic mass is 16.6. The van der Waals surface area contributed by atoms with Gasteiger partial charge in [0, 0.05) is 44.5 Å². The van der Waals surface area contributed by atoms with E-state index in [0.29, 0.717) is 12.1 Å². The Hall–Kier alpha value is -2.15. The summed E-state index contributed by atoms with van der Waals surface area (Å²) in [5, 5.41) is 0. The van der Waals surface area contributed by atoms with E-state index in [1.54, 1.807) is 6.20 Å². The summed E-state index contributed by atoms with van der Waals surface area (Å²) < 4.78 is 7.78. The molecule has 0 N–H and O–H groups in total. The van der Waals surface area contributed by atoms with Crippen molar-refractivity contribution in [1.82, 2.24) is 24.3 Å². The van der Waals surface area contributed by atoms with Crippen molar-refractivity contribution in [1.29, 1.82) is 0 Å². The van der Waals surface area contributed by atoms with Gasteiger partial charge in [-0.25, -0.2) is 14.8 Å². The number of ether oxygens (including phenoxy) is 1. The van der Waals surface area contributed by atoms with Crippen molar-refractivity contribution in [2.45, 2.75) is 57.7 Å². The molecule has 2 fully saturated rings. The lowest BCUT2D eigenvalue weighted by atomic mass is 10.0. The highest BCUT2D eigenvalue weighted by Gasteiger charge is 2.33. The number of rotatable bonds is 2. The Morgan fingerprint density at radius 3 is 2.59 bits per heavy atom. The third-order valence-electron chi connectivity index (χ3n) is 5.57. The van der Waals surface area contributed by atoms with Crippen LogP contribution in [0.5, 0.6) is 0 Å². The van der Waals surface area contributed by atoms with E-state index < -0.39 is 5.60 Å². The Balaban J connectivity index is 1.33. The number of imidazole rings is 1. The van der Waals surface area contributed by atoms with Crippen molar-refractivity contribution < 1.29 is 9.53 Å². The van der Waals surface area contributed by atoms with Crippen LogP contribution in [-0.4, -0.2) is 68.3 Å². The molecule has 2 aliphatic heterocycles. The highest BCUT2D eigenvalue weighted by molar-refractivity contribution is 5.70. The zero-order valence-electron chi connectivity index (χ0n) is 16.5. The predicted molar refractivity (Wildman–Crippen MR) is 104 cm³/mol. The molecular formula is C20H29N5O2. The topological polar surface area (TPSA) is 63.5 Å². The molecule has 1 unspecified atom stereocenters. The number of likely N-dealkylation sites (tertiary alicyclic amines) is 2. The zero-order valence-corrected chi connectivity index (χ0v) is 16.5. The lowest BCUT2D eigenvalue weighted by molar-refractivity contribution is 0.0154. The summed E-state index contributed by atoms with van der Waals surface area (Å²) in [6.07, 6.45) is 6.69. The maximum absolute atomic E-state index is 12.2. The van der Waals surface area contributed by atoms with Crippen LogP contribution in [0.1, 0.15) is 46.1 Å². The number of carbonyl (C=O) groups is 1. The second kappa shape index (κ2) is 7.11. The van der Waals surface area contributed by atoms with Gasteiger partial charge in [-0.3, -0.25) is 4.90 Å². The number of nitrogens with zero attached hydrogens (tertiary/aromatic N) is 5. The molecule has 4 rings (SSSR count). The first-order valence-corrected chi connectivity index (χ1v) is 9.90. The molecule has 0 spiro atoms. The molecule has 146 valence electrons. The van der Waals surface area contributed by atoms with Gasteiger partial charge < -0.3 is 14.2 Å². The maximum atomic E-state index is 12.2. The van der Waals surface area contributed by atoms with E-state index in [1.807, 2.05) is 38.1 Å². The summed E-state index contributed by atoms with van der Waals surface area (Å²) in [5.74, 6) is 0. The lowest BCUT2D eigenvalue weighted by Crippen LogP contribution is -2.47. The van der Waals surface area contributed by atoms with Gasteiger partial charge in [0.15, 0.2) is 5.65 Å². The fraction of sp³-hybridized carbons (Fsp3) is 0.650. The van der Waals surface area contributed by atoms with Gasteiger partial charge in [0.1, 0.15) is 5.60 Å². The third-order valence-corrected chi connectivity index (χ3v) is 5.57. The van der Waals surface area contributed by atoms with Crippen LogP contribution in [0.15, 0.2) is 24.7 Å². The van der Waals surface area contributed by atoms with Crippen LogP contribution in [0.4, 0.5) is 4.79 Å². The van der Waals surface area contributed by atoms with Gasteiger partial charge in [0.05, 0.1) is 11.8 Å². The molecule has 0 aliphatic carbocycles. The number of fused-ring (bicyclic) bond motifs is 1. The van der Waals surface area contributed by atoms with Gasteiger partial charge in [-0.2, -0.15) is 0 Å². The van der Waals surface area contributed by atoms with E-state index in [-0.39, 0.29) is 6.09 Å². The quantitative estimate of drug-likeness (QED) is 0.812. The van der Waals surface area contributed by atoms with Gasteiger partial charge in [0.2, 0.25) is 0 Å². The fourth-order valence-corrected chi connectivity index (χ4v) is 4.23. The standard InChI is InChI=1S/C20H29N5O2/c1-20(2,3)27-19(26)23-10-6-15(7-11-23)24-12-8-16(13-24)25-14-22-18-17(25)5-4-9-21-18/h4-5,9,14-16H,6-8,10-13H2,1-3H3. The summed E-state index contributed by atoms with van der Waals surface area (Å²) in [5.41, 5.74) is 1.50. The third kappa shape index (κ3) is 3.93. The first-order valence-electron chi connectivity index (χ1n) is 9.90. The number of amides is 1. The Morgan fingerprint density at radius 1 is 1.11 bits per heavy atom. The molecule has 0 saturated carbocycles. The van der Waals surface area contributed by atoms with Crippen LogP contribution >= 0.6 is 0 Å². The van der Waals surface area contributed by atoms with Crippen LogP contribution in [0.3, 0.4) is 0 Å². The molecule has 7 nitrogen and oxygen atoms in total. The molecule has 2 saturated heterocycles. The second-order valence-corrected chi connectivity index (χ2v) is 8.63. The Labute approximate surface area is 160 Å². The normalized spacial score (nSPS) is 22.5. The van der Waals surface area contributed by atoms with Crippen LogP contribution in [-0.2, 0) is 4.74 Å². The van der Waals surface area contributed by atoms with E-state index in [0.717, 1.165) is 56.6 Å². The van der Waals surface area contributed by atoms with E-state index in [4.69, 9.17) is 4.74 Å². The number of piperidine rings is 1. The fourth-order valence-electron chi connectivity index (χ4n) is 4.23. The molecule has 0 bridgehead atoms. The number of aromatic nitrogens is 3. The van der Waals surface area contributed by atoms with E-state index >= 15 is 0 Å². The van der Waals surface area contributed by atoms with Gasteiger partial charge in [0.25, 0.3) is 0 Å². The number of pyridine rings is 1. The summed E-state index contributed by atoms with van der Waals surface area (Å²) in [6, 6.07) is 5.06. The van der Waals surface area contributed by atoms with Crippen LogP contribution in [0, 0.1) is 0 Å². The molecule has 0 aromatic carbocycles. The average Bonchev–Trinajstić information content (AvgIpc) is 3.27. The average molecular weight is 371 g/mol. The molecule has 2 aromatic heterocycles. The highest BCUT2D eigenvalue weighted by Crippen LogP contribution is 2.29. The molecule has 2 aliphatic rings. The van der Waals surface area contributed by atoms with Crippen molar-refractivity contribution in [2.75, 3.05) is 26.2 Å². The van der Waals surface area contributed by atoms with Crippen LogP contribution in [0.25, 0.3) is 11.2 Å². The Morgan fingerprint density at radius 2 is 1.85 bits per heavy atom. The van der Waals surface area contributed by atoms with Gasteiger partial charge in [-0.05, 0) is 52.2 Å².